The lowest BCUT2D eigenvalue weighted by atomic mass is 10.0. The first-order valence-electron chi connectivity index (χ1n) is 7.47. The molecule has 1 fully saturated rings. The lowest BCUT2D eigenvalue weighted by Gasteiger charge is -2.33. The van der Waals surface area contributed by atoms with Gasteiger partial charge in [-0.25, -0.2) is 0 Å². The minimum absolute atomic E-state index is 0.396. The van der Waals surface area contributed by atoms with Crippen molar-refractivity contribution in [3.8, 4) is 0 Å². The zero-order chi connectivity index (χ0) is 14.4. The van der Waals surface area contributed by atoms with Crippen molar-refractivity contribution in [2.24, 2.45) is 0 Å². The van der Waals surface area contributed by atoms with Crippen LogP contribution in [0.4, 0.5) is 0 Å². The quantitative estimate of drug-likeness (QED) is 0.834. The molecule has 0 aromatic heterocycles. The van der Waals surface area contributed by atoms with Crippen molar-refractivity contribution in [3.63, 3.8) is 0 Å². The second kappa shape index (κ2) is 7.60. The number of nitrogens with one attached hydrogen (secondary N) is 2. The Morgan fingerprint density at radius 1 is 1.25 bits per heavy atom. The Morgan fingerprint density at radius 3 is 2.50 bits per heavy atom. The average molecular weight is 291 g/mol. The van der Waals surface area contributed by atoms with Crippen molar-refractivity contribution < 1.29 is 0 Å². The van der Waals surface area contributed by atoms with Gasteiger partial charge in [0.1, 0.15) is 0 Å². The highest BCUT2D eigenvalue weighted by Crippen LogP contribution is 2.13. The largest absolute Gasteiger partial charge is 0.361 e. The van der Waals surface area contributed by atoms with Gasteiger partial charge in [-0.3, -0.25) is 4.90 Å². The van der Waals surface area contributed by atoms with Crippen molar-refractivity contribution in [3.05, 3.63) is 35.9 Å². The van der Waals surface area contributed by atoms with Gasteiger partial charge in [0.05, 0.1) is 0 Å². The van der Waals surface area contributed by atoms with Crippen LogP contribution in [0.25, 0.3) is 0 Å². The zero-order valence-electron chi connectivity index (χ0n) is 12.4. The predicted molar refractivity (Wildman–Crippen MR) is 88.7 cm³/mol. The predicted octanol–water partition coefficient (Wildman–Crippen LogP) is 2.52. The van der Waals surface area contributed by atoms with E-state index in [1.54, 1.807) is 0 Å². The maximum Gasteiger partial charge on any atom is 0.166 e. The Balaban J connectivity index is 1.71. The lowest BCUT2D eigenvalue weighted by Crippen LogP contribution is -2.48. The third-order valence-corrected chi connectivity index (χ3v) is 3.83. The molecule has 20 heavy (non-hydrogen) atoms. The summed E-state index contributed by atoms with van der Waals surface area (Å²) in [5, 5.41) is 7.47. The summed E-state index contributed by atoms with van der Waals surface area (Å²) in [4.78, 5) is 2.52. The van der Waals surface area contributed by atoms with Gasteiger partial charge < -0.3 is 10.6 Å². The maximum absolute atomic E-state index is 5.31. The van der Waals surface area contributed by atoms with Crippen LogP contribution in [0.1, 0.15) is 32.3 Å². The highest BCUT2D eigenvalue weighted by molar-refractivity contribution is 7.80. The van der Waals surface area contributed by atoms with E-state index in [0.29, 0.717) is 12.1 Å². The van der Waals surface area contributed by atoms with E-state index in [2.05, 4.69) is 59.7 Å². The molecular weight excluding hydrogens is 266 g/mol. The van der Waals surface area contributed by atoms with Crippen molar-refractivity contribution in [1.29, 1.82) is 0 Å². The molecule has 0 amide bonds. The molecule has 0 aliphatic carbocycles. The molecular formula is C16H25N3S. The SMILES string of the molecule is CC(C)NC(=S)NC1CCN(Cc2ccccc2)CC1. The van der Waals surface area contributed by atoms with Gasteiger partial charge in [0.15, 0.2) is 5.11 Å². The summed E-state index contributed by atoms with van der Waals surface area (Å²) >= 11 is 5.31. The van der Waals surface area contributed by atoms with Gasteiger partial charge in [0.2, 0.25) is 0 Å². The molecule has 0 unspecified atom stereocenters. The Hall–Kier alpha value is -1.13. The van der Waals surface area contributed by atoms with Crippen molar-refractivity contribution >= 4 is 17.3 Å². The minimum atomic E-state index is 0.396. The number of nitrogens with zero attached hydrogens (tertiary/aromatic N) is 1. The van der Waals surface area contributed by atoms with Crippen LogP contribution in [0.5, 0.6) is 0 Å². The molecule has 2 N–H and O–H groups in total. The number of hydrogen-bond donors (Lipinski definition) is 2. The standard InChI is InChI=1S/C16H25N3S/c1-13(2)17-16(20)18-15-8-10-19(11-9-15)12-14-6-4-3-5-7-14/h3-7,13,15H,8-12H2,1-2H3,(H2,17,18,20). The van der Waals surface area contributed by atoms with Crippen LogP contribution in [0, 0.1) is 0 Å². The van der Waals surface area contributed by atoms with E-state index in [1.807, 2.05) is 0 Å². The van der Waals surface area contributed by atoms with Crippen LogP contribution in [-0.4, -0.2) is 35.2 Å². The van der Waals surface area contributed by atoms with Gasteiger partial charge in [-0.1, -0.05) is 30.3 Å². The van der Waals surface area contributed by atoms with Gasteiger partial charge in [0, 0.05) is 31.7 Å². The fourth-order valence-electron chi connectivity index (χ4n) is 2.57. The molecule has 1 aromatic carbocycles. The second-order valence-electron chi connectivity index (χ2n) is 5.81. The van der Waals surface area contributed by atoms with E-state index in [0.717, 1.165) is 37.6 Å². The summed E-state index contributed by atoms with van der Waals surface area (Å²) in [6.07, 6.45) is 2.32. The molecule has 1 saturated heterocycles. The molecule has 2 rings (SSSR count). The van der Waals surface area contributed by atoms with Crippen LogP contribution < -0.4 is 10.6 Å². The van der Waals surface area contributed by atoms with Crippen LogP contribution in [-0.2, 0) is 6.54 Å². The van der Waals surface area contributed by atoms with Crippen LogP contribution in [0.15, 0.2) is 30.3 Å². The first-order valence-corrected chi connectivity index (χ1v) is 7.87. The maximum atomic E-state index is 5.31. The van der Waals surface area contributed by atoms with Crippen LogP contribution in [0.3, 0.4) is 0 Å². The van der Waals surface area contributed by atoms with E-state index >= 15 is 0 Å². The molecule has 0 saturated carbocycles. The lowest BCUT2D eigenvalue weighted by molar-refractivity contribution is 0.198. The molecule has 110 valence electrons. The van der Waals surface area contributed by atoms with Crippen molar-refractivity contribution in [2.75, 3.05) is 13.1 Å². The molecule has 1 heterocycles. The molecule has 1 aromatic rings. The van der Waals surface area contributed by atoms with E-state index in [1.165, 1.54) is 5.56 Å². The molecule has 3 nitrogen and oxygen atoms in total. The second-order valence-corrected chi connectivity index (χ2v) is 6.22. The van der Waals surface area contributed by atoms with Gasteiger partial charge in [0.25, 0.3) is 0 Å². The van der Waals surface area contributed by atoms with Crippen LogP contribution >= 0.6 is 12.2 Å². The number of hydrogen-bond acceptors (Lipinski definition) is 2. The third-order valence-electron chi connectivity index (χ3n) is 3.59. The fourth-order valence-corrected chi connectivity index (χ4v) is 2.97. The molecule has 0 bridgehead atoms. The Labute approximate surface area is 127 Å². The number of thiocarbonyl (C=S) groups is 1. The number of piperidine rings is 1. The summed E-state index contributed by atoms with van der Waals surface area (Å²) < 4.78 is 0. The number of rotatable bonds is 4. The highest BCUT2D eigenvalue weighted by atomic mass is 32.1. The summed E-state index contributed by atoms with van der Waals surface area (Å²) in [6, 6.07) is 11.6. The van der Waals surface area contributed by atoms with Crippen molar-refractivity contribution in [1.82, 2.24) is 15.5 Å². The summed E-state index contributed by atoms with van der Waals surface area (Å²) in [7, 11) is 0. The topological polar surface area (TPSA) is 27.3 Å². The van der Waals surface area contributed by atoms with Crippen LogP contribution in [0.2, 0.25) is 0 Å². The van der Waals surface area contributed by atoms with E-state index in [9.17, 15) is 0 Å². The smallest absolute Gasteiger partial charge is 0.166 e. The minimum Gasteiger partial charge on any atom is -0.361 e. The van der Waals surface area contributed by atoms with Gasteiger partial charge in [-0.2, -0.15) is 0 Å². The molecule has 1 aliphatic rings. The monoisotopic (exact) mass is 291 g/mol. The Kier molecular flexibility index (Phi) is 5.80. The van der Waals surface area contributed by atoms with E-state index < -0.39 is 0 Å². The average Bonchev–Trinajstić information content (AvgIpc) is 2.41. The molecule has 4 heteroatoms. The zero-order valence-corrected chi connectivity index (χ0v) is 13.2. The molecule has 0 spiro atoms. The van der Waals surface area contributed by atoms with Gasteiger partial charge >= 0.3 is 0 Å². The molecule has 0 atom stereocenters. The first kappa shape index (κ1) is 15.3. The summed E-state index contributed by atoms with van der Waals surface area (Å²) in [6.45, 7) is 7.54. The van der Waals surface area contributed by atoms with E-state index in [4.69, 9.17) is 12.2 Å². The normalized spacial score (nSPS) is 17.1. The van der Waals surface area contributed by atoms with E-state index in [-0.39, 0.29) is 0 Å². The fraction of sp³-hybridized carbons (Fsp3) is 0.562. The molecule has 1 aliphatic heterocycles. The number of likely N-dealkylation sites (tertiary alicyclic amines) is 1. The number of benzene rings is 1. The Bertz CT molecular complexity index is 411. The first-order chi connectivity index (χ1) is 9.63. The molecule has 0 radical (unpaired) electrons. The van der Waals surface area contributed by atoms with Gasteiger partial charge in [-0.15, -0.1) is 0 Å². The summed E-state index contributed by atoms with van der Waals surface area (Å²) in [5.74, 6) is 0. The third kappa shape index (κ3) is 5.10. The van der Waals surface area contributed by atoms with Crippen molar-refractivity contribution in [2.45, 2.75) is 45.3 Å². The highest BCUT2D eigenvalue weighted by Gasteiger charge is 2.19. The van der Waals surface area contributed by atoms with Gasteiger partial charge in [-0.05, 0) is 44.5 Å². The summed E-state index contributed by atoms with van der Waals surface area (Å²) in [5.41, 5.74) is 1.40. The Morgan fingerprint density at radius 2 is 1.90 bits per heavy atom.